The number of para-hydroxylation sites is 1. The molecule has 0 amide bonds. The number of aromatic nitrogens is 1. The van der Waals surface area contributed by atoms with E-state index in [4.69, 9.17) is 0 Å². The van der Waals surface area contributed by atoms with Crippen LogP contribution in [0.4, 0.5) is 0 Å². The second-order valence-corrected chi connectivity index (χ2v) is 3.80. The summed E-state index contributed by atoms with van der Waals surface area (Å²) in [6.07, 6.45) is -1.23. The molecule has 0 aliphatic carbocycles. The van der Waals surface area contributed by atoms with Crippen LogP contribution in [0, 0.1) is 0 Å². The van der Waals surface area contributed by atoms with E-state index in [0.29, 0.717) is 12.2 Å². The van der Waals surface area contributed by atoms with Gasteiger partial charge in [0.25, 0.3) is 0 Å². The first-order valence-corrected chi connectivity index (χ1v) is 5.53. The third-order valence-corrected chi connectivity index (χ3v) is 2.86. The molecule has 1 heterocycles. The minimum absolute atomic E-state index is 0.570. The minimum atomic E-state index is -1.23. The molecule has 4 heteroatoms. The van der Waals surface area contributed by atoms with Crippen LogP contribution >= 0.6 is 0 Å². The summed E-state index contributed by atoms with van der Waals surface area (Å²) in [6, 6.07) is 9.60. The lowest BCUT2D eigenvalue weighted by molar-refractivity contribution is -0.151. The zero-order chi connectivity index (χ0) is 12.4. The molecule has 1 N–H and O–H groups in total. The first-order chi connectivity index (χ1) is 8.19. The summed E-state index contributed by atoms with van der Waals surface area (Å²) < 4.78 is 6.47. The Bertz CT molecular complexity index is 545. The van der Waals surface area contributed by atoms with E-state index in [1.165, 1.54) is 7.11 Å². The van der Waals surface area contributed by atoms with Gasteiger partial charge < -0.3 is 14.4 Å². The molecule has 0 fully saturated rings. The summed E-state index contributed by atoms with van der Waals surface area (Å²) in [6.45, 7) is 2.66. The number of ether oxygens (including phenoxy) is 1. The van der Waals surface area contributed by atoms with Crippen molar-refractivity contribution in [2.75, 3.05) is 7.11 Å². The Labute approximate surface area is 99.4 Å². The van der Waals surface area contributed by atoms with Gasteiger partial charge in [-0.05, 0) is 24.4 Å². The van der Waals surface area contributed by atoms with E-state index in [1.807, 2.05) is 41.8 Å². The number of benzene rings is 1. The average molecular weight is 233 g/mol. The topological polar surface area (TPSA) is 51.5 Å². The van der Waals surface area contributed by atoms with Crippen LogP contribution in [0.5, 0.6) is 0 Å². The second kappa shape index (κ2) is 4.59. The molecule has 0 aliphatic rings. The Morgan fingerprint density at radius 2 is 2.18 bits per heavy atom. The highest BCUT2D eigenvalue weighted by Gasteiger charge is 2.22. The van der Waals surface area contributed by atoms with Crippen molar-refractivity contribution in [3.05, 3.63) is 36.0 Å². The van der Waals surface area contributed by atoms with Crippen LogP contribution < -0.4 is 0 Å². The number of aliphatic hydroxyl groups is 1. The van der Waals surface area contributed by atoms with E-state index >= 15 is 0 Å². The van der Waals surface area contributed by atoms with E-state index in [9.17, 15) is 9.90 Å². The molecule has 0 saturated carbocycles. The average Bonchev–Trinajstić information content (AvgIpc) is 2.75. The molecule has 0 spiro atoms. The van der Waals surface area contributed by atoms with Crippen molar-refractivity contribution in [1.82, 2.24) is 4.57 Å². The largest absolute Gasteiger partial charge is 0.467 e. The molecule has 90 valence electrons. The Balaban J connectivity index is 2.57. The maximum absolute atomic E-state index is 11.4. The monoisotopic (exact) mass is 233 g/mol. The summed E-state index contributed by atoms with van der Waals surface area (Å²) in [5, 5.41) is 10.9. The van der Waals surface area contributed by atoms with Gasteiger partial charge in [-0.15, -0.1) is 0 Å². The first-order valence-electron chi connectivity index (χ1n) is 5.53. The number of hydrogen-bond donors (Lipinski definition) is 1. The summed E-state index contributed by atoms with van der Waals surface area (Å²) in [7, 11) is 1.27. The number of rotatable bonds is 3. The fourth-order valence-corrected chi connectivity index (χ4v) is 2.04. The fourth-order valence-electron chi connectivity index (χ4n) is 2.04. The molecule has 1 unspecified atom stereocenters. The number of carbonyl (C=O) groups is 1. The molecular weight excluding hydrogens is 218 g/mol. The maximum Gasteiger partial charge on any atom is 0.340 e. The highest BCUT2D eigenvalue weighted by atomic mass is 16.5. The number of aryl methyl sites for hydroxylation is 1. The molecule has 2 aromatic rings. The van der Waals surface area contributed by atoms with Crippen molar-refractivity contribution in [3.8, 4) is 0 Å². The molecular formula is C13H15NO3. The Morgan fingerprint density at radius 1 is 1.47 bits per heavy atom. The number of fused-ring (bicyclic) bond motifs is 1. The number of aliphatic hydroxyl groups excluding tert-OH is 1. The maximum atomic E-state index is 11.4. The highest BCUT2D eigenvalue weighted by Crippen LogP contribution is 2.25. The van der Waals surface area contributed by atoms with Gasteiger partial charge in [0.05, 0.1) is 12.8 Å². The van der Waals surface area contributed by atoms with Crippen LogP contribution in [0.15, 0.2) is 30.3 Å². The predicted octanol–water partition coefficient (Wildman–Crippen LogP) is 1.87. The van der Waals surface area contributed by atoms with Gasteiger partial charge in [0.15, 0.2) is 6.10 Å². The van der Waals surface area contributed by atoms with Gasteiger partial charge in [-0.1, -0.05) is 18.2 Å². The van der Waals surface area contributed by atoms with E-state index in [0.717, 1.165) is 10.9 Å². The zero-order valence-corrected chi connectivity index (χ0v) is 9.88. The summed E-state index contributed by atoms with van der Waals surface area (Å²) in [5.74, 6) is -0.637. The van der Waals surface area contributed by atoms with Gasteiger partial charge in [-0.2, -0.15) is 0 Å². The molecule has 0 saturated heterocycles. The third-order valence-electron chi connectivity index (χ3n) is 2.86. The smallest absolute Gasteiger partial charge is 0.340 e. The van der Waals surface area contributed by atoms with Gasteiger partial charge in [0, 0.05) is 12.1 Å². The lowest BCUT2D eigenvalue weighted by atomic mass is 10.2. The standard InChI is InChI=1S/C13H15NO3/c1-3-14-10-7-5-4-6-9(10)8-11(14)12(15)13(16)17-2/h4-8,12,15H,3H2,1-2H3. The summed E-state index contributed by atoms with van der Waals surface area (Å²) in [5.41, 5.74) is 1.58. The Kier molecular flexibility index (Phi) is 3.15. The second-order valence-electron chi connectivity index (χ2n) is 3.80. The third kappa shape index (κ3) is 1.91. The van der Waals surface area contributed by atoms with Crippen molar-refractivity contribution in [3.63, 3.8) is 0 Å². The quantitative estimate of drug-likeness (QED) is 0.823. The number of nitrogens with zero attached hydrogens (tertiary/aromatic N) is 1. The molecule has 4 nitrogen and oxygen atoms in total. The van der Waals surface area contributed by atoms with Crippen molar-refractivity contribution in [2.45, 2.75) is 19.6 Å². The van der Waals surface area contributed by atoms with Crippen LogP contribution in [-0.4, -0.2) is 22.8 Å². The molecule has 0 aliphatic heterocycles. The van der Waals surface area contributed by atoms with Gasteiger partial charge in [-0.3, -0.25) is 0 Å². The number of methoxy groups -OCH3 is 1. The van der Waals surface area contributed by atoms with Crippen LogP contribution in [0.2, 0.25) is 0 Å². The predicted molar refractivity (Wildman–Crippen MR) is 64.6 cm³/mol. The fraction of sp³-hybridized carbons (Fsp3) is 0.308. The van der Waals surface area contributed by atoms with E-state index in [1.54, 1.807) is 0 Å². The van der Waals surface area contributed by atoms with Gasteiger partial charge >= 0.3 is 5.97 Å². The molecule has 1 atom stereocenters. The molecule has 17 heavy (non-hydrogen) atoms. The molecule has 1 aromatic heterocycles. The van der Waals surface area contributed by atoms with Crippen LogP contribution in [-0.2, 0) is 16.1 Å². The van der Waals surface area contributed by atoms with Gasteiger partial charge in [-0.25, -0.2) is 4.79 Å². The van der Waals surface area contributed by atoms with Crippen LogP contribution in [0.25, 0.3) is 10.9 Å². The Hall–Kier alpha value is -1.81. The summed E-state index contributed by atoms with van der Waals surface area (Å²) in [4.78, 5) is 11.4. The van der Waals surface area contributed by atoms with Crippen LogP contribution in [0.1, 0.15) is 18.7 Å². The van der Waals surface area contributed by atoms with Crippen LogP contribution in [0.3, 0.4) is 0 Å². The lowest BCUT2D eigenvalue weighted by Gasteiger charge is -2.12. The first kappa shape index (κ1) is 11.7. The SMILES string of the molecule is CCn1c(C(O)C(=O)OC)cc2ccccc21. The molecule has 1 aromatic carbocycles. The van der Waals surface area contributed by atoms with Crippen molar-refractivity contribution in [1.29, 1.82) is 0 Å². The van der Waals surface area contributed by atoms with E-state index < -0.39 is 12.1 Å². The minimum Gasteiger partial charge on any atom is -0.467 e. The molecule has 0 bridgehead atoms. The molecule has 0 radical (unpaired) electrons. The van der Waals surface area contributed by atoms with Crippen molar-refractivity contribution in [2.24, 2.45) is 0 Å². The normalized spacial score (nSPS) is 12.6. The number of hydrogen-bond acceptors (Lipinski definition) is 3. The van der Waals surface area contributed by atoms with Gasteiger partial charge in [0.1, 0.15) is 0 Å². The Morgan fingerprint density at radius 3 is 2.82 bits per heavy atom. The number of esters is 1. The zero-order valence-electron chi connectivity index (χ0n) is 9.88. The van der Waals surface area contributed by atoms with E-state index in [-0.39, 0.29) is 0 Å². The van der Waals surface area contributed by atoms with E-state index in [2.05, 4.69) is 4.74 Å². The molecule has 2 rings (SSSR count). The summed E-state index contributed by atoms with van der Waals surface area (Å²) >= 11 is 0. The van der Waals surface area contributed by atoms with Crippen molar-refractivity contribution < 1.29 is 14.6 Å². The number of carbonyl (C=O) groups excluding carboxylic acids is 1. The van der Waals surface area contributed by atoms with Gasteiger partial charge in [0.2, 0.25) is 0 Å². The van der Waals surface area contributed by atoms with Crippen molar-refractivity contribution >= 4 is 16.9 Å². The highest BCUT2D eigenvalue weighted by molar-refractivity contribution is 5.84. The lowest BCUT2D eigenvalue weighted by Crippen LogP contribution is -2.17.